The van der Waals surface area contributed by atoms with Crippen LogP contribution in [0.5, 0.6) is 5.75 Å². The minimum absolute atomic E-state index is 0.0758. The van der Waals surface area contributed by atoms with Crippen molar-refractivity contribution in [3.63, 3.8) is 0 Å². The summed E-state index contributed by atoms with van der Waals surface area (Å²) in [6, 6.07) is 12.0. The number of amides is 2. The number of ether oxygens (including phenoxy) is 2. The van der Waals surface area contributed by atoms with Gasteiger partial charge in [-0.3, -0.25) is 9.36 Å². The molecule has 0 saturated carbocycles. The maximum Gasteiger partial charge on any atom is 0.337 e. The number of benzene rings is 2. The highest BCUT2D eigenvalue weighted by molar-refractivity contribution is 5.90. The molecule has 2 aromatic carbocycles. The second kappa shape index (κ2) is 11.3. The molecule has 0 saturated heterocycles. The van der Waals surface area contributed by atoms with Crippen LogP contribution in [0.15, 0.2) is 53.3 Å². The monoisotopic (exact) mass is 481 g/mol. The summed E-state index contributed by atoms with van der Waals surface area (Å²) in [5.74, 6) is -0.574. The number of nitrogens with one attached hydrogen (secondary N) is 2. The first-order chi connectivity index (χ1) is 16.7. The Balaban J connectivity index is 1.83. The van der Waals surface area contributed by atoms with Crippen molar-refractivity contribution in [2.45, 2.75) is 33.9 Å². The van der Waals surface area contributed by atoms with Gasteiger partial charge in [0.2, 0.25) is 0 Å². The molecule has 1 aromatic heterocycles. The van der Waals surface area contributed by atoms with Gasteiger partial charge in [0, 0.05) is 30.9 Å². The number of aromatic nitrogens is 1. The Hall–Kier alpha value is -4.14. The van der Waals surface area contributed by atoms with Crippen LogP contribution in [0.3, 0.4) is 0 Å². The van der Waals surface area contributed by atoms with E-state index in [0.29, 0.717) is 40.4 Å². The molecule has 0 radical (unpaired) electrons. The number of carbonyl (C=O) groups is 2. The number of pyridine rings is 1. The molecule has 0 fully saturated rings. The minimum Gasteiger partial charge on any atom is -0.489 e. The Morgan fingerprint density at radius 3 is 2.46 bits per heavy atom. The van der Waals surface area contributed by atoms with Gasteiger partial charge in [-0.2, -0.15) is 0 Å². The SMILES string of the molecule is CCNC(=O)NCc1cc(F)ccc1COc1cc(C)n(-c2cc(C(=O)OC)ccc2C)c(=O)c1. The van der Waals surface area contributed by atoms with E-state index in [1.54, 1.807) is 44.2 Å². The highest BCUT2D eigenvalue weighted by atomic mass is 19.1. The van der Waals surface area contributed by atoms with Crippen LogP contribution in [0, 0.1) is 19.7 Å². The molecule has 0 aliphatic heterocycles. The number of nitrogens with zero attached hydrogens (tertiary/aromatic N) is 1. The number of methoxy groups -OCH3 is 1. The number of aryl methyl sites for hydroxylation is 2. The zero-order valence-electron chi connectivity index (χ0n) is 20.1. The van der Waals surface area contributed by atoms with Gasteiger partial charge in [0.05, 0.1) is 18.4 Å². The van der Waals surface area contributed by atoms with Gasteiger partial charge in [0.15, 0.2) is 0 Å². The molecule has 35 heavy (non-hydrogen) atoms. The fraction of sp³-hybridized carbons (Fsp3) is 0.269. The standard InChI is InChI=1S/C26H28FN3O5/c1-5-28-26(33)29-14-20-11-21(27)9-8-19(20)15-35-22-10-17(3)30(24(31)13-22)23-12-18(25(32)34-4)7-6-16(23)2/h6-13H,5,14-15H2,1-4H3,(H2,28,29,33). The lowest BCUT2D eigenvalue weighted by molar-refractivity contribution is 0.0600. The molecule has 0 aliphatic carbocycles. The smallest absolute Gasteiger partial charge is 0.337 e. The van der Waals surface area contributed by atoms with Crippen molar-refractivity contribution in [1.82, 2.24) is 15.2 Å². The average molecular weight is 482 g/mol. The summed E-state index contributed by atoms with van der Waals surface area (Å²) in [7, 11) is 1.30. The van der Waals surface area contributed by atoms with E-state index in [1.165, 1.54) is 29.9 Å². The largest absolute Gasteiger partial charge is 0.489 e. The second-order valence-electron chi connectivity index (χ2n) is 7.91. The topological polar surface area (TPSA) is 98.7 Å². The Bertz CT molecular complexity index is 1300. The summed E-state index contributed by atoms with van der Waals surface area (Å²) >= 11 is 0. The van der Waals surface area contributed by atoms with E-state index in [0.717, 1.165) is 5.56 Å². The third kappa shape index (κ3) is 6.26. The number of hydrogen-bond acceptors (Lipinski definition) is 5. The van der Waals surface area contributed by atoms with Gasteiger partial charge in [0.25, 0.3) is 5.56 Å². The molecule has 2 amide bonds. The lowest BCUT2D eigenvalue weighted by Gasteiger charge is -2.16. The fourth-order valence-electron chi connectivity index (χ4n) is 3.62. The van der Waals surface area contributed by atoms with Crippen LogP contribution < -0.4 is 20.9 Å². The van der Waals surface area contributed by atoms with Crippen LogP contribution >= 0.6 is 0 Å². The van der Waals surface area contributed by atoms with Crippen molar-refractivity contribution in [1.29, 1.82) is 0 Å². The van der Waals surface area contributed by atoms with Gasteiger partial charge >= 0.3 is 12.0 Å². The first kappa shape index (κ1) is 25.5. The number of hydrogen-bond donors (Lipinski definition) is 2. The van der Waals surface area contributed by atoms with Crippen molar-refractivity contribution >= 4 is 12.0 Å². The highest BCUT2D eigenvalue weighted by Crippen LogP contribution is 2.21. The number of rotatable bonds is 8. The van der Waals surface area contributed by atoms with Crippen molar-refractivity contribution in [3.05, 3.63) is 92.6 Å². The zero-order chi connectivity index (χ0) is 25.5. The summed E-state index contributed by atoms with van der Waals surface area (Å²) in [5.41, 5.74) is 3.23. The van der Waals surface area contributed by atoms with E-state index in [4.69, 9.17) is 9.47 Å². The van der Waals surface area contributed by atoms with Crippen molar-refractivity contribution in [2.24, 2.45) is 0 Å². The first-order valence-corrected chi connectivity index (χ1v) is 11.1. The van der Waals surface area contributed by atoms with E-state index in [-0.39, 0.29) is 24.7 Å². The zero-order valence-corrected chi connectivity index (χ0v) is 20.1. The quantitative estimate of drug-likeness (QED) is 0.477. The molecule has 3 rings (SSSR count). The molecule has 0 aliphatic rings. The molecule has 184 valence electrons. The van der Waals surface area contributed by atoms with Crippen LogP contribution in [0.4, 0.5) is 9.18 Å². The molecule has 0 spiro atoms. The Morgan fingerprint density at radius 1 is 1.00 bits per heavy atom. The molecule has 0 atom stereocenters. The second-order valence-corrected chi connectivity index (χ2v) is 7.91. The summed E-state index contributed by atoms with van der Waals surface area (Å²) < 4.78 is 25.9. The first-order valence-electron chi connectivity index (χ1n) is 11.1. The molecule has 8 nitrogen and oxygen atoms in total. The molecular weight excluding hydrogens is 453 g/mol. The van der Waals surface area contributed by atoms with Crippen molar-refractivity contribution in [3.8, 4) is 11.4 Å². The fourth-order valence-corrected chi connectivity index (χ4v) is 3.62. The molecule has 0 bridgehead atoms. The van der Waals surface area contributed by atoms with E-state index in [1.807, 2.05) is 6.92 Å². The van der Waals surface area contributed by atoms with Gasteiger partial charge in [-0.05, 0) is 61.7 Å². The number of carbonyl (C=O) groups excluding carboxylic acids is 2. The van der Waals surface area contributed by atoms with Crippen LogP contribution in [0.25, 0.3) is 5.69 Å². The van der Waals surface area contributed by atoms with Gasteiger partial charge in [0.1, 0.15) is 18.2 Å². The molecule has 0 unspecified atom stereocenters. The summed E-state index contributed by atoms with van der Waals surface area (Å²) in [6.07, 6.45) is 0. The predicted octanol–water partition coefficient (Wildman–Crippen LogP) is 3.78. The van der Waals surface area contributed by atoms with Crippen molar-refractivity contribution < 1.29 is 23.5 Å². The van der Waals surface area contributed by atoms with E-state index in [2.05, 4.69) is 10.6 Å². The Labute approximate surface area is 202 Å². The van der Waals surface area contributed by atoms with Gasteiger partial charge < -0.3 is 20.1 Å². The number of urea groups is 1. The lowest BCUT2D eigenvalue weighted by atomic mass is 10.1. The maximum absolute atomic E-state index is 13.8. The number of esters is 1. The summed E-state index contributed by atoms with van der Waals surface area (Å²) in [4.78, 5) is 36.6. The van der Waals surface area contributed by atoms with Crippen LogP contribution in [-0.4, -0.2) is 30.2 Å². The van der Waals surface area contributed by atoms with Crippen LogP contribution in [0.1, 0.15) is 39.7 Å². The number of halogens is 1. The van der Waals surface area contributed by atoms with Crippen LogP contribution in [0.2, 0.25) is 0 Å². The Kier molecular flexibility index (Phi) is 8.25. The lowest BCUT2D eigenvalue weighted by Crippen LogP contribution is -2.35. The third-order valence-corrected chi connectivity index (χ3v) is 5.40. The van der Waals surface area contributed by atoms with Crippen molar-refractivity contribution in [2.75, 3.05) is 13.7 Å². The summed E-state index contributed by atoms with van der Waals surface area (Å²) in [6.45, 7) is 6.08. The average Bonchev–Trinajstić information content (AvgIpc) is 2.82. The van der Waals surface area contributed by atoms with Gasteiger partial charge in [-0.15, -0.1) is 0 Å². The Morgan fingerprint density at radius 2 is 1.77 bits per heavy atom. The molecule has 2 N–H and O–H groups in total. The third-order valence-electron chi connectivity index (χ3n) is 5.40. The normalized spacial score (nSPS) is 10.5. The van der Waals surface area contributed by atoms with E-state index >= 15 is 0 Å². The molecular formula is C26H28FN3O5. The van der Waals surface area contributed by atoms with Gasteiger partial charge in [-0.25, -0.2) is 14.0 Å². The van der Waals surface area contributed by atoms with E-state index in [9.17, 15) is 18.8 Å². The van der Waals surface area contributed by atoms with E-state index < -0.39 is 11.8 Å². The molecule has 1 heterocycles. The van der Waals surface area contributed by atoms with Gasteiger partial charge in [-0.1, -0.05) is 12.1 Å². The maximum atomic E-state index is 13.8. The molecule has 3 aromatic rings. The minimum atomic E-state index is -0.492. The predicted molar refractivity (Wildman–Crippen MR) is 129 cm³/mol. The summed E-state index contributed by atoms with van der Waals surface area (Å²) in [5, 5.41) is 5.29. The molecule has 9 heteroatoms. The van der Waals surface area contributed by atoms with Crippen LogP contribution in [-0.2, 0) is 17.9 Å². The highest BCUT2D eigenvalue weighted by Gasteiger charge is 2.14.